The standard InChI is InChI=1S/C7H10F3NO/c8-7(9,10)3-5-1-2-6(12)11-4-5/h5H,1-4H2,(H,11,12). The minimum Gasteiger partial charge on any atom is -0.356 e. The van der Waals surface area contributed by atoms with Crippen LogP contribution in [0, 0.1) is 5.92 Å². The second-order valence-electron chi connectivity index (χ2n) is 3.03. The fraction of sp³-hybridized carbons (Fsp3) is 0.857. The Hall–Kier alpha value is -0.740. The fourth-order valence-electron chi connectivity index (χ4n) is 1.29. The Bertz CT molecular complexity index is 168. The van der Waals surface area contributed by atoms with E-state index in [2.05, 4.69) is 5.32 Å². The number of amides is 1. The highest BCUT2D eigenvalue weighted by Crippen LogP contribution is 2.28. The van der Waals surface area contributed by atoms with Crippen molar-refractivity contribution in [2.75, 3.05) is 6.54 Å². The molecule has 1 N–H and O–H groups in total. The second kappa shape index (κ2) is 3.33. The highest BCUT2D eigenvalue weighted by atomic mass is 19.4. The predicted octanol–water partition coefficient (Wildman–Crippen LogP) is 1.47. The molecule has 0 radical (unpaired) electrons. The van der Waals surface area contributed by atoms with Crippen molar-refractivity contribution in [1.29, 1.82) is 0 Å². The van der Waals surface area contributed by atoms with Crippen molar-refractivity contribution in [1.82, 2.24) is 5.32 Å². The number of carbonyl (C=O) groups excluding carboxylic acids is 1. The van der Waals surface area contributed by atoms with Crippen LogP contribution in [0.25, 0.3) is 0 Å². The number of rotatable bonds is 1. The molecule has 0 aromatic carbocycles. The highest BCUT2D eigenvalue weighted by molar-refractivity contribution is 5.76. The average molecular weight is 181 g/mol. The number of carbonyl (C=O) groups is 1. The first-order chi connectivity index (χ1) is 5.47. The number of alkyl halides is 3. The van der Waals surface area contributed by atoms with Crippen LogP contribution in [0.3, 0.4) is 0 Å². The van der Waals surface area contributed by atoms with Gasteiger partial charge in [-0.15, -0.1) is 0 Å². The third kappa shape index (κ3) is 3.11. The van der Waals surface area contributed by atoms with E-state index in [1.165, 1.54) is 0 Å². The van der Waals surface area contributed by atoms with E-state index in [1.54, 1.807) is 0 Å². The summed E-state index contributed by atoms with van der Waals surface area (Å²) in [7, 11) is 0. The van der Waals surface area contributed by atoms with E-state index in [4.69, 9.17) is 0 Å². The number of halogens is 3. The van der Waals surface area contributed by atoms with Gasteiger partial charge in [-0.2, -0.15) is 13.2 Å². The molecule has 1 heterocycles. The van der Waals surface area contributed by atoms with Crippen LogP contribution in [0.5, 0.6) is 0 Å². The molecule has 1 atom stereocenters. The van der Waals surface area contributed by atoms with E-state index in [1.807, 2.05) is 0 Å². The number of hydrogen-bond donors (Lipinski definition) is 1. The monoisotopic (exact) mass is 181 g/mol. The summed E-state index contributed by atoms with van der Waals surface area (Å²) >= 11 is 0. The summed E-state index contributed by atoms with van der Waals surface area (Å²) in [5, 5.41) is 2.42. The molecule has 0 aliphatic carbocycles. The predicted molar refractivity (Wildman–Crippen MR) is 36.4 cm³/mol. The molecule has 12 heavy (non-hydrogen) atoms. The number of piperidine rings is 1. The quantitative estimate of drug-likeness (QED) is 0.652. The Morgan fingerprint density at radius 1 is 1.50 bits per heavy atom. The fourth-order valence-corrected chi connectivity index (χ4v) is 1.29. The van der Waals surface area contributed by atoms with Gasteiger partial charge in [0, 0.05) is 19.4 Å². The van der Waals surface area contributed by atoms with E-state index < -0.39 is 18.5 Å². The van der Waals surface area contributed by atoms with E-state index in [0.29, 0.717) is 6.42 Å². The Balaban J connectivity index is 2.31. The molecule has 0 aromatic rings. The van der Waals surface area contributed by atoms with Crippen LogP contribution in [0.2, 0.25) is 0 Å². The molecule has 1 fully saturated rings. The largest absolute Gasteiger partial charge is 0.389 e. The molecule has 70 valence electrons. The van der Waals surface area contributed by atoms with Gasteiger partial charge in [-0.05, 0) is 12.3 Å². The van der Waals surface area contributed by atoms with Gasteiger partial charge in [-0.25, -0.2) is 0 Å². The molecule has 0 saturated carbocycles. The van der Waals surface area contributed by atoms with Crippen molar-refractivity contribution in [2.45, 2.75) is 25.4 Å². The SMILES string of the molecule is O=C1CCC(CC(F)(F)F)CN1. The minimum atomic E-state index is -4.10. The Morgan fingerprint density at radius 3 is 2.58 bits per heavy atom. The van der Waals surface area contributed by atoms with Crippen molar-refractivity contribution >= 4 is 5.91 Å². The second-order valence-corrected chi connectivity index (χ2v) is 3.03. The van der Waals surface area contributed by atoms with Crippen molar-refractivity contribution < 1.29 is 18.0 Å². The third-order valence-electron chi connectivity index (χ3n) is 1.89. The van der Waals surface area contributed by atoms with Crippen LogP contribution in [0.4, 0.5) is 13.2 Å². The molecule has 0 bridgehead atoms. The molecular formula is C7H10F3NO. The lowest BCUT2D eigenvalue weighted by Crippen LogP contribution is -2.36. The van der Waals surface area contributed by atoms with Crippen LogP contribution in [-0.2, 0) is 4.79 Å². The van der Waals surface area contributed by atoms with Gasteiger partial charge in [0.25, 0.3) is 0 Å². The van der Waals surface area contributed by atoms with Crippen LogP contribution in [0.15, 0.2) is 0 Å². The third-order valence-corrected chi connectivity index (χ3v) is 1.89. The van der Waals surface area contributed by atoms with Gasteiger partial charge in [0.1, 0.15) is 0 Å². The smallest absolute Gasteiger partial charge is 0.356 e. The van der Waals surface area contributed by atoms with Crippen LogP contribution in [0.1, 0.15) is 19.3 Å². The maximum absolute atomic E-state index is 11.8. The molecule has 1 unspecified atom stereocenters. The van der Waals surface area contributed by atoms with Gasteiger partial charge in [-0.3, -0.25) is 4.79 Å². The van der Waals surface area contributed by atoms with Crippen molar-refractivity contribution in [3.63, 3.8) is 0 Å². The van der Waals surface area contributed by atoms with Crippen LogP contribution >= 0.6 is 0 Å². The zero-order valence-electron chi connectivity index (χ0n) is 6.45. The van der Waals surface area contributed by atoms with Crippen molar-refractivity contribution in [2.24, 2.45) is 5.92 Å². The minimum absolute atomic E-state index is 0.145. The zero-order valence-corrected chi connectivity index (χ0v) is 6.45. The number of nitrogens with one attached hydrogen (secondary N) is 1. The molecule has 1 aliphatic heterocycles. The summed E-state index contributed by atoms with van der Waals surface area (Å²) in [5.74, 6) is -0.573. The van der Waals surface area contributed by atoms with Crippen molar-refractivity contribution in [3.05, 3.63) is 0 Å². The summed E-state index contributed by atoms with van der Waals surface area (Å²) in [4.78, 5) is 10.6. The normalized spacial score (nSPS) is 25.2. The number of hydrogen-bond acceptors (Lipinski definition) is 1. The summed E-state index contributed by atoms with van der Waals surface area (Å²) in [6.07, 6.45) is -4.31. The zero-order chi connectivity index (χ0) is 9.19. The summed E-state index contributed by atoms with van der Waals surface area (Å²) < 4.78 is 35.5. The van der Waals surface area contributed by atoms with Gasteiger partial charge >= 0.3 is 6.18 Å². The lowest BCUT2D eigenvalue weighted by atomic mass is 9.96. The topological polar surface area (TPSA) is 29.1 Å². The van der Waals surface area contributed by atoms with Gasteiger partial charge in [0.15, 0.2) is 0 Å². The van der Waals surface area contributed by atoms with Gasteiger partial charge < -0.3 is 5.32 Å². The highest BCUT2D eigenvalue weighted by Gasteiger charge is 2.33. The van der Waals surface area contributed by atoms with Crippen LogP contribution < -0.4 is 5.32 Å². The Morgan fingerprint density at radius 2 is 2.17 bits per heavy atom. The van der Waals surface area contributed by atoms with E-state index in [9.17, 15) is 18.0 Å². The first kappa shape index (κ1) is 9.35. The van der Waals surface area contributed by atoms with Gasteiger partial charge in [0.05, 0.1) is 0 Å². The van der Waals surface area contributed by atoms with E-state index in [0.717, 1.165) is 0 Å². The van der Waals surface area contributed by atoms with E-state index in [-0.39, 0.29) is 18.9 Å². The molecular weight excluding hydrogens is 171 g/mol. The maximum atomic E-state index is 11.8. The molecule has 1 saturated heterocycles. The summed E-state index contributed by atoms with van der Waals surface area (Å²) in [6, 6.07) is 0. The molecule has 2 nitrogen and oxygen atoms in total. The molecule has 1 aliphatic rings. The summed E-state index contributed by atoms with van der Waals surface area (Å²) in [5.41, 5.74) is 0. The van der Waals surface area contributed by atoms with Gasteiger partial charge in [0.2, 0.25) is 5.91 Å². The first-order valence-electron chi connectivity index (χ1n) is 3.81. The first-order valence-corrected chi connectivity index (χ1v) is 3.81. The average Bonchev–Trinajstić information content (AvgIpc) is 1.91. The lowest BCUT2D eigenvalue weighted by Gasteiger charge is -2.23. The van der Waals surface area contributed by atoms with Crippen LogP contribution in [-0.4, -0.2) is 18.6 Å². The van der Waals surface area contributed by atoms with Gasteiger partial charge in [-0.1, -0.05) is 0 Å². The Kier molecular flexibility index (Phi) is 2.59. The molecule has 5 heteroatoms. The molecule has 1 amide bonds. The lowest BCUT2D eigenvalue weighted by molar-refractivity contribution is -0.148. The molecule has 0 aromatic heterocycles. The van der Waals surface area contributed by atoms with Crippen molar-refractivity contribution in [3.8, 4) is 0 Å². The van der Waals surface area contributed by atoms with E-state index >= 15 is 0 Å². The maximum Gasteiger partial charge on any atom is 0.389 e. The Labute approximate surface area is 68.1 Å². The molecule has 1 rings (SSSR count). The molecule has 0 spiro atoms. The summed E-state index contributed by atoms with van der Waals surface area (Å²) in [6.45, 7) is 0.165.